The molecule has 0 amide bonds. The van der Waals surface area contributed by atoms with Crippen LogP contribution in [-0.4, -0.2) is 37.8 Å². The second-order valence-corrected chi connectivity index (χ2v) is 7.31. The van der Waals surface area contributed by atoms with Gasteiger partial charge in [0.2, 0.25) is 0 Å². The maximum absolute atomic E-state index is 4.61. The summed E-state index contributed by atoms with van der Waals surface area (Å²) >= 11 is 0. The highest BCUT2D eigenvalue weighted by Gasteiger charge is 2.16. The monoisotopic (exact) mass is 418 g/mol. The number of piperidine rings is 1. The summed E-state index contributed by atoms with van der Waals surface area (Å²) < 4.78 is 2.08. The average Bonchev–Trinajstić information content (AvgIpc) is 3.31. The van der Waals surface area contributed by atoms with E-state index in [9.17, 15) is 0 Å². The topological polar surface area (TPSA) is 68.5 Å². The molecule has 152 valence electrons. The van der Waals surface area contributed by atoms with E-state index in [0.29, 0.717) is 11.9 Å². The van der Waals surface area contributed by atoms with Crippen molar-refractivity contribution < 1.29 is 0 Å². The summed E-state index contributed by atoms with van der Waals surface area (Å²) in [4.78, 5) is 13.4. The number of nitrogens with zero attached hydrogens (tertiary/aromatic N) is 5. The van der Waals surface area contributed by atoms with E-state index in [-0.39, 0.29) is 12.4 Å². The molecule has 5 rings (SSSR count). The zero-order chi connectivity index (χ0) is 19.5. The normalized spacial score (nSPS) is 14.3. The molecule has 0 atom stereocenters. The Hall–Kier alpha value is -3.09. The lowest BCUT2D eigenvalue weighted by Gasteiger charge is -2.22. The average molecular weight is 419 g/mol. The molecule has 1 aliphatic rings. The number of hydrogen-bond donors (Lipinski definition) is 1. The van der Waals surface area contributed by atoms with Gasteiger partial charge in [0.15, 0.2) is 5.82 Å². The maximum Gasteiger partial charge on any atom is 0.159 e. The van der Waals surface area contributed by atoms with Gasteiger partial charge in [0.05, 0.1) is 12.2 Å². The van der Waals surface area contributed by atoms with Crippen molar-refractivity contribution in [3.8, 4) is 33.6 Å². The van der Waals surface area contributed by atoms with Crippen LogP contribution < -0.4 is 5.32 Å². The molecule has 0 radical (unpaired) electrons. The molecule has 7 heteroatoms. The van der Waals surface area contributed by atoms with Gasteiger partial charge >= 0.3 is 0 Å². The third kappa shape index (κ3) is 4.25. The number of benzene rings is 1. The summed E-state index contributed by atoms with van der Waals surface area (Å²) in [5, 5.41) is 7.96. The van der Waals surface area contributed by atoms with E-state index in [0.717, 1.165) is 53.7 Å². The summed E-state index contributed by atoms with van der Waals surface area (Å²) in [7, 11) is 0. The fourth-order valence-electron chi connectivity index (χ4n) is 3.76. The summed E-state index contributed by atoms with van der Waals surface area (Å²) in [5.74, 6) is 0.713. The van der Waals surface area contributed by atoms with Gasteiger partial charge in [-0.25, -0.2) is 9.97 Å². The molecule has 4 aromatic rings. The van der Waals surface area contributed by atoms with Crippen molar-refractivity contribution in [1.29, 1.82) is 0 Å². The molecule has 1 aliphatic heterocycles. The van der Waals surface area contributed by atoms with E-state index in [1.165, 1.54) is 0 Å². The van der Waals surface area contributed by atoms with Crippen LogP contribution in [0.25, 0.3) is 33.6 Å². The summed E-state index contributed by atoms with van der Waals surface area (Å²) in [6, 6.07) is 12.7. The van der Waals surface area contributed by atoms with Gasteiger partial charge in [-0.15, -0.1) is 12.4 Å². The predicted molar refractivity (Wildman–Crippen MR) is 120 cm³/mol. The Kier molecular flexibility index (Phi) is 6.16. The van der Waals surface area contributed by atoms with Crippen LogP contribution in [0.2, 0.25) is 0 Å². The summed E-state index contributed by atoms with van der Waals surface area (Å²) in [6.45, 7) is 2.10. The molecule has 6 nitrogen and oxygen atoms in total. The van der Waals surface area contributed by atoms with E-state index in [1.54, 1.807) is 6.20 Å². The van der Waals surface area contributed by atoms with Gasteiger partial charge in [0, 0.05) is 53.2 Å². The van der Waals surface area contributed by atoms with Crippen LogP contribution in [-0.2, 0) is 0 Å². The van der Waals surface area contributed by atoms with E-state index in [1.807, 2.05) is 43.0 Å². The maximum atomic E-state index is 4.61. The van der Waals surface area contributed by atoms with Gasteiger partial charge in [-0.1, -0.05) is 24.3 Å². The third-order valence-corrected chi connectivity index (χ3v) is 5.39. The number of pyridine rings is 1. The van der Waals surface area contributed by atoms with Gasteiger partial charge in [-0.2, -0.15) is 5.10 Å². The largest absolute Gasteiger partial charge is 0.317 e. The zero-order valence-corrected chi connectivity index (χ0v) is 17.3. The second-order valence-electron chi connectivity index (χ2n) is 7.31. The van der Waals surface area contributed by atoms with Crippen LogP contribution in [0.15, 0.2) is 73.6 Å². The lowest BCUT2D eigenvalue weighted by Crippen LogP contribution is -2.29. The first-order chi connectivity index (χ1) is 14.4. The highest BCUT2D eigenvalue weighted by atomic mass is 35.5. The Morgan fingerprint density at radius 2 is 1.57 bits per heavy atom. The van der Waals surface area contributed by atoms with Crippen LogP contribution >= 0.6 is 12.4 Å². The van der Waals surface area contributed by atoms with Crippen LogP contribution in [0.5, 0.6) is 0 Å². The summed E-state index contributed by atoms with van der Waals surface area (Å²) in [5.41, 5.74) is 5.21. The molecule has 1 N–H and O–H groups in total. The van der Waals surface area contributed by atoms with Gasteiger partial charge in [0.25, 0.3) is 0 Å². The molecule has 1 aromatic carbocycles. The van der Waals surface area contributed by atoms with Gasteiger partial charge in [-0.05, 0) is 43.6 Å². The first-order valence-electron chi connectivity index (χ1n) is 9.95. The number of aromatic nitrogens is 5. The van der Waals surface area contributed by atoms with E-state index in [4.69, 9.17) is 0 Å². The molecule has 0 bridgehead atoms. The minimum absolute atomic E-state index is 0. The Bertz CT molecular complexity index is 1090. The first kappa shape index (κ1) is 20.2. The Labute approximate surface area is 181 Å². The molecule has 1 fully saturated rings. The number of rotatable bonds is 4. The minimum Gasteiger partial charge on any atom is -0.317 e. The van der Waals surface area contributed by atoms with Crippen LogP contribution in [0.1, 0.15) is 18.9 Å². The molecule has 0 spiro atoms. The molecule has 1 saturated heterocycles. The standard InChI is InChI=1S/C23H22N6.ClH/c1-3-17(19-5-2-8-25-12-19)11-18(4-1)23-26-13-20(14-27-23)21-15-28-29(16-21)22-6-9-24-10-7-22;/h1-5,8,11-16,22,24H,6-7,9-10H2;1H. The van der Waals surface area contributed by atoms with Gasteiger partial charge < -0.3 is 5.32 Å². The molecule has 3 aromatic heterocycles. The molecule has 0 unspecified atom stereocenters. The van der Waals surface area contributed by atoms with Crippen molar-refractivity contribution in [3.63, 3.8) is 0 Å². The van der Waals surface area contributed by atoms with Gasteiger partial charge in [0.1, 0.15) is 0 Å². The lowest BCUT2D eigenvalue weighted by atomic mass is 10.0. The van der Waals surface area contributed by atoms with Crippen molar-refractivity contribution in [2.24, 2.45) is 0 Å². The Morgan fingerprint density at radius 3 is 2.33 bits per heavy atom. The van der Waals surface area contributed by atoms with Crippen LogP contribution in [0.4, 0.5) is 0 Å². The lowest BCUT2D eigenvalue weighted by molar-refractivity contribution is 0.343. The quantitative estimate of drug-likeness (QED) is 0.531. The number of halogens is 1. The highest BCUT2D eigenvalue weighted by Crippen LogP contribution is 2.26. The van der Waals surface area contributed by atoms with Gasteiger partial charge in [-0.3, -0.25) is 9.67 Å². The Morgan fingerprint density at radius 1 is 0.800 bits per heavy atom. The minimum atomic E-state index is 0. The predicted octanol–water partition coefficient (Wildman–Crippen LogP) is 4.42. The van der Waals surface area contributed by atoms with Crippen molar-refractivity contribution in [1.82, 2.24) is 30.0 Å². The third-order valence-electron chi connectivity index (χ3n) is 5.39. The molecule has 0 aliphatic carbocycles. The number of nitrogens with one attached hydrogen (secondary N) is 1. The van der Waals surface area contributed by atoms with E-state index < -0.39 is 0 Å². The van der Waals surface area contributed by atoms with Crippen LogP contribution in [0, 0.1) is 0 Å². The molecule has 0 saturated carbocycles. The Balaban J connectivity index is 0.00000218. The molecule has 4 heterocycles. The van der Waals surface area contributed by atoms with Crippen molar-refractivity contribution in [2.45, 2.75) is 18.9 Å². The fraction of sp³-hybridized carbons (Fsp3) is 0.217. The van der Waals surface area contributed by atoms with Crippen molar-refractivity contribution in [2.75, 3.05) is 13.1 Å². The van der Waals surface area contributed by atoms with Crippen molar-refractivity contribution >= 4 is 12.4 Å². The smallest absolute Gasteiger partial charge is 0.159 e. The molecular weight excluding hydrogens is 396 g/mol. The number of hydrogen-bond acceptors (Lipinski definition) is 5. The first-order valence-corrected chi connectivity index (χ1v) is 9.95. The molecular formula is C23H23ClN6. The molecule has 30 heavy (non-hydrogen) atoms. The van der Waals surface area contributed by atoms with E-state index >= 15 is 0 Å². The zero-order valence-electron chi connectivity index (χ0n) is 16.5. The highest BCUT2D eigenvalue weighted by molar-refractivity contribution is 5.85. The van der Waals surface area contributed by atoms with Crippen molar-refractivity contribution in [3.05, 3.63) is 73.6 Å². The van der Waals surface area contributed by atoms with Crippen LogP contribution in [0.3, 0.4) is 0 Å². The van der Waals surface area contributed by atoms with E-state index in [2.05, 4.69) is 54.4 Å². The second kappa shape index (κ2) is 9.15. The SMILES string of the molecule is Cl.c1cncc(-c2cccc(-c3ncc(-c4cnn(C5CCNCC5)c4)cn3)c2)c1. The summed E-state index contributed by atoms with van der Waals surface area (Å²) in [6.07, 6.45) is 13.6. The fourth-order valence-corrected chi connectivity index (χ4v) is 3.76.